The van der Waals surface area contributed by atoms with Crippen LogP contribution in [0.15, 0.2) is 83.3 Å². The predicted molar refractivity (Wildman–Crippen MR) is 179 cm³/mol. The molecular formula is C38H49NO5. The molecule has 1 aliphatic rings. The summed E-state index contributed by atoms with van der Waals surface area (Å²) in [6.07, 6.45) is 6.84. The van der Waals surface area contributed by atoms with E-state index in [-0.39, 0.29) is 51.2 Å². The van der Waals surface area contributed by atoms with Gasteiger partial charge in [0, 0.05) is 17.7 Å². The van der Waals surface area contributed by atoms with Crippen molar-refractivity contribution < 1.29 is 24.5 Å². The number of benzene rings is 2. The monoisotopic (exact) mass is 599 g/mol. The maximum Gasteiger partial charge on any atom is 0.341 e. The Balaban J connectivity index is 2.26. The van der Waals surface area contributed by atoms with Gasteiger partial charge in [0.15, 0.2) is 0 Å². The van der Waals surface area contributed by atoms with Crippen LogP contribution in [0.25, 0.3) is 11.1 Å². The minimum absolute atomic E-state index is 0.00371. The van der Waals surface area contributed by atoms with E-state index in [1.807, 2.05) is 48.5 Å². The Morgan fingerprint density at radius 1 is 0.682 bits per heavy atom. The molecule has 236 valence electrons. The van der Waals surface area contributed by atoms with Crippen molar-refractivity contribution in [2.45, 2.75) is 91.9 Å². The first-order valence-corrected chi connectivity index (χ1v) is 15.7. The summed E-state index contributed by atoms with van der Waals surface area (Å²) < 4.78 is 5.33. The summed E-state index contributed by atoms with van der Waals surface area (Å²) in [5, 5.41) is 26.5. The summed E-state index contributed by atoms with van der Waals surface area (Å²) in [5.74, 6) is -1.83. The smallest absolute Gasteiger partial charge is 0.341 e. The van der Waals surface area contributed by atoms with Gasteiger partial charge < -0.3 is 20.3 Å². The molecule has 0 aliphatic heterocycles. The highest BCUT2D eigenvalue weighted by atomic mass is 16.5. The molecule has 3 N–H and O–H groups in total. The molecule has 0 unspecified atom stereocenters. The van der Waals surface area contributed by atoms with Gasteiger partial charge in [-0.1, -0.05) is 116 Å². The molecule has 6 nitrogen and oxygen atoms in total. The summed E-state index contributed by atoms with van der Waals surface area (Å²) in [7, 11) is 0. The van der Waals surface area contributed by atoms with Crippen molar-refractivity contribution in [1.29, 1.82) is 0 Å². The Morgan fingerprint density at radius 2 is 1.14 bits per heavy atom. The second-order valence-corrected chi connectivity index (χ2v) is 13.3. The summed E-state index contributed by atoms with van der Waals surface area (Å²) in [4.78, 5) is 26.9. The Bertz CT molecular complexity index is 1400. The first-order valence-electron chi connectivity index (χ1n) is 15.7. The third-order valence-electron chi connectivity index (χ3n) is 7.78. The molecule has 0 bridgehead atoms. The lowest BCUT2D eigenvalue weighted by Crippen LogP contribution is -2.27. The lowest BCUT2D eigenvalue weighted by Gasteiger charge is -2.22. The van der Waals surface area contributed by atoms with Crippen LogP contribution in [0.4, 0.5) is 0 Å². The van der Waals surface area contributed by atoms with Crippen LogP contribution >= 0.6 is 0 Å². The zero-order chi connectivity index (χ0) is 32.7. The van der Waals surface area contributed by atoms with Gasteiger partial charge in [-0.2, -0.15) is 0 Å². The SMILES string of the molecule is CCCCCCNC(=O)C1=C(O)/C(c2ccc(C(C)(C)C)cc2)=C\C(C(=O)OCC)=C(\O)C(c2ccc(C(C)(C)C)cc2)=C1. The Kier molecular flexibility index (Phi) is 11.4. The van der Waals surface area contributed by atoms with Crippen molar-refractivity contribution in [3.8, 4) is 0 Å². The van der Waals surface area contributed by atoms with Crippen molar-refractivity contribution in [3.63, 3.8) is 0 Å². The number of aliphatic hydroxyl groups is 2. The second kappa shape index (κ2) is 14.6. The molecule has 0 fully saturated rings. The van der Waals surface area contributed by atoms with Crippen molar-refractivity contribution >= 4 is 23.0 Å². The molecule has 1 aliphatic carbocycles. The topological polar surface area (TPSA) is 95.9 Å². The highest BCUT2D eigenvalue weighted by Gasteiger charge is 2.28. The average Bonchev–Trinajstić information content (AvgIpc) is 2.96. The summed E-state index contributed by atoms with van der Waals surface area (Å²) in [6, 6.07) is 15.2. The number of hydrogen-bond donors (Lipinski definition) is 3. The number of carbonyl (C=O) groups is 2. The van der Waals surface area contributed by atoms with E-state index in [4.69, 9.17) is 4.74 Å². The van der Waals surface area contributed by atoms with Crippen LogP contribution in [0.3, 0.4) is 0 Å². The van der Waals surface area contributed by atoms with Gasteiger partial charge in [-0.3, -0.25) is 4.79 Å². The summed E-state index contributed by atoms with van der Waals surface area (Å²) in [6.45, 7) is 17.0. The molecule has 3 rings (SSSR count). The van der Waals surface area contributed by atoms with E-state index in [0.717, 1.165) is 36.8 Å². The molecule has 0 radical (unpaired) electrons. The first kappa shape index (κ1) is 34.4. The molecule has 6 heteroatoms. The average molecular weight is 600 g/mol. The van der Waals surface area contributed by atoms with Crippen LogP contribution in [0, 0.1) is 0 Å². The molecule has 2 aromatic rings. The van der Waals surface area contributed by atoms with Gasteiger partial charge in [0.1, 0.15) is 17.1 Å². The van der Waals surface area contributed by atoms with Crippen molar-refractivity contribution in [1.82, 2.24) is 5.32 Å². The maximum atomic E-state index is 13.7. The predicted octanol–water partition coefficient (Wildman–Crippen LogP) is 8.65. The summed E-state index contributed by atoms with van der Waals surface area (Å²) >= 11 is 0. The molecule has 0 saturated heterocycles. The van der Waals surface area contributed by atoms with E-state index >= 15 is 0 Å². The minimum Gasteiger partial charge on any atom is -0.506 e. The molecule has 0 heterocycles. The fourth-order valence-electron chi connectivity index (χ4n) is 4.98. The number of amides is 1. The molecule has 0 atom stereocenters. The van der Waals surface area contributed by atoms with E-state index in [1.54, 1.807) is 6.92 Å². The van der Waals surface area contributed by atoms with Crippen molar-refractivity contribution in [2.24, 2.45) is 0 Å². The normalized spacial score (nSPS) is 17.3. The minimum atomic E-state index is -0.734. The number of hydrogen-bond acceptors (Lipinski definition) is 5. The van der Waals surface area contributed by atoms with Gasteiger partial charge in [0.25, 0.3) is 5.91 Å². The van der Waals surface area contributed by atoms with Crippen LogP contribution in [0.1, 0.15) is 103 Å². The van der Waals surface area contributed by atoms with Gasteiger partial charge in [0.2, 0.25) is 0 Å². The standard InChI is InChI=1S/C38H49NO5/c1-9-11-12-13-22-39-35(42)31-23-29(25-14-18-27(19-15-25)37(3,4)5)34(41)32(36(43)44-10-2)24-30(33(31)40)26-16-20-28(21-17-26)38(6,7)8/h14-21,23-24,40-41H,9-13,22H2,1-8H3,(H,39,42)/b29-23?,30-24-,31-23?,32-24?,33-30?,33-31?,34-29?,34-32-. The van der Waals surface area contributed by atoms with E-state index in [2.05, 4.69) is 53.8 Å². The number of allylic oxidation sites excluding steroid dienone is 2. The molecule has 2 aromatic carbocycles. The molecule has 0 spiro atoms. The largest absolute Gasteiger partial charge is 0.506 e. The number of rotatable bonds is 10. The molecular weight excluding hydrogens is 550 g/mol. The molecule has 0 aromatic heterocycles. The molecule has 44 heavy (non-hydrogen) atoms. The number of nitrogens with one attached hydrogen (secondary N) is 1. The van der Waals surface area contributed by atoms with Gasteiger partial charge in [-0.15, -0.1) is 0 Å². The number of carbonyl (C=O) groups excluding carboxylic acids is 2. The number of unbranched alkanes of at least 4 members (excludes halogenated alkanes) is 3. The van der Waals surface area contributed by atoms with Crippen LogP contribution in [0.5, 0.6) is 0 Å². The number of esters is 1. The summed E-state index contributed by atoms with van der Waals surface area (Å²) in [5.41, 5.74) is 3.51. The third kappa shape index (κ3) is 8.52. The fourth-order valence-corrected chi connectivity index (χ4v) is 4.98. The molecule has 1 amide bonds. The number of ether oxygens (including phenoxy) is 1. The first-order chi connectivity index (χ1) is 20.7. The highest BCUT2D eigenvalue weighted by molar-refractivity contribution is 6.07. The van der Waals surface area contributed by atoms with E-state index in [1.165, 1.54) is 12.2 Å². The number of aliphatic hydroxyl groups excluding tert-OH is 2. The Hall–Kier alpha value is -4.06. The van der Waals surface area contributed by atoms with Gasteiger partial charge in [-0.25, -0.2) is 4.79 Å². The fraction of sp³-hybridized carbons (Fsp3) is 0.421. The van der Waals surface area contributed by atoms with Crippen LogP contribution in [-0.2, 0) is 25.2 Å². The zero-order valence-corrected chi connectivity index (χ0v) is 27.6. The zero-order valence-electron chi connectivity index (χ0n) is 27.6. The lowest BCUT2D eigenvalue weighted by molar-refractivity contribution is -0.138. The van der Waals surface area contributed by atoms with Crippen LogP contribution < -0.4 is 5.32 Å². The lowest BCUT2D eigenvalue weighted by atomic mass is 9.84. The Labute approximate surface area is 263 Å². The van der Waals surface area contributed by atoms with Gasteiger partial charge in [-0.05, 0) is 58.6 Å². The van der Waals surface area contributed by atoms with Crippen LogP contribution in [-0.4, -0.2) is 35.2 Å². The third-order valence-corrected chi connectivity index (χ3v) is 7.78. The van der Waals surface area contributed by atoms with Gasteiger partial charge >= 0.3 is 5.97 Å². The highest BCUT2D eigenvalue weighted by Crippen LogP contribution is 2.36. The second-order valence-electron chi connectivity index (χ2n) is 13.3. The van der Waals surface area contributed by atoms with E-state index in [0.29, 0.717) is 17.7 Å². The molecule has 0 saturated carbocycles. The van der Waals surface area contributed by atoms with E-state index in [9.17, 15) is 19.8 Å². The Morgan fingerprint density at radius 3 is 1.57 bits per heavy atom. The van der Waals surface area contributed by atoms with Crippen molar-refractivity contribution in [3.05, 3.63) is 106 Å². The van der Waals surface area contributed by atoms with E-state index < -0.39 is 11.9 Å². The van der Waals surface area contributed by atoms with Crippen molar-refractivity contribution in [2.75, 3.05) is 13.2 Å². The maximum absolute atomic E-state index is 13.7. The quantitative estimate of drug-likeness (QED) is 0.188. The van der Waals surface area contributed by atoms with Crippen LogP contribution in [0.2, 0.25) is 0 Å². The van der Waals surface area contributed by atoms with Gasteiger partial charge in [0.05, 0.1) is 12.2 Å².